The molecule has 1 fully saturated rings. The Labute approximate surface area is 186 Å². The minimum atomic E-state index is -3.69. The van der Waals surface area contributed by atoms with E-state index in [1.54, 1.807) is 29.9 Å². The minimum absolute atomic E-state index is 0.00441. The highest BCUT2D eigenvalue weighted by Gasteiger charge is 2.37. The van der Waals surface area contributed by atoms with Crippen molar-refractivity contribution in [1.29, 1.82) is 0 Å². The zero-order chi connectivity index (χ0) is 23.0. The van der Waals surface area contributed by atoms with Crippen molar-refractivity contribution in [3.8, 4) is 23.0 Å². The molecule has 3 aromatic rings. The molecule has 0 aliphatic heterocycles. The van der Waals surface area contributed by atoms with Gasteiger partial charge >= 0.3 is 0 Å². The summed E-state index contributed by atoms with van der Waals surface area (Å²) in [5.41, 5.74) is 1.48. The molecule has 1 saturated carbocycles. The number of furan rings is 1. The maximum absolute atomic E-state index is 13.3. The van der Waals surface area contributed by atoms with Crippen molar-refractivity contribution in [3.63, 3.8) is 0 Å². The summed E-state index contributed by atoms with van der Waals surface area (Å²) < 4.78 is 39.5. The third-order valence-corrected chi connectivity index (χ3v) is 8.01. The Morgan fingerprint density at radius 1 is 1.12 bits per heavy atom. The molecular weight excluding hydrogens is 434 g/mol. The quantitative estimate of drug-likeness (QED) is 0.573. The summed E-state index contributed by atoms with van der Waals surface area (Å²) in [5.74, 6) is 1.92. The molecule has 2 aromatic heterocycles. The number of rotatable bonds is 6. The summed E-state index contributed by atoms with van der Waals surface area (Å²) in [5, 5.41) is 27.5. The first-order valence-corrected chi connectivity index (χ1v) is 12.2. The third-order valence-electron chi connectivity index (χ3n) is 5.91. The Morgan fingerprint density at radius 2 is 1.91 bits per heavy atom. The average Bonchev–Trinajstić information content (AvgIpc) is 3.35. The second-order valence-electron chi connectivity index (χ2n) is 8.19. The summed E-state index contributed by atoms with van der Waals surface area (Å²) in [6.07, 6.45) is -1.43. The summed E-state index contributed by atoms with van der Waals surface area (Å²) in [7, 11) is -2.14. The van der Waals surface area contributed by atoms with Gasteiger partial charge in [-0.2, -0.15) is 0 Å². The van der Waals surface area contributed by atoms with Gasteiger partial charge in [0.05, 0.1) is 30.3 Å². The van der Waals surface area contributed by atoms with E-state index in [1.165, 1.54) is 0 Å². The van der Waals surface area contributed by atoms with Crippen molar-refractivity contribution in [2.24, 2.45) is 0 Å². The van der Waals surface area contributed by atoms with Crippen LogP contribution in [0.3, 0.4) is 0 Å². The van der Waals surface area contributed by atoms with E-state index in [0.29, 0.717) is 28.8 Å². The minimum Gasteiger partial charge on any atom is -0.495 e. The van der Waals surface area contributed by atoms with E-state index in [4.69, 9.17) is 9.15 Å². The topological polar surface area (TPSA) is 128 Å². The Hall–Kier alpha value is -2.69. The fourth-order valence-corrected chi connectivity index (χ4v) is 5.93. The molecular formula is C22H27N3O6S. The van der Waals surface area contributed by atoms with Gasteiger partial charge < -0.3 is 19.4 Å². The molecule has 1 aliphatic carbocycles. The maximum atomic E-state index is 13.3. The Bertz CT molecular complexity index is 1220. The molecule has 1 aliphatic rings. The van der Waals surface area contributed by atoms with Gasteiger partial charge in [-0.05, 0) is 56.9 Å². The Morgan fingerprint density at radius 3 is 2.56 bits per heavy atom. The Kier molecular flexibility index (Phi) is 6.11. The van der Waals surface area contributed by atoms with Crippen molar-refractivity contribution in [3.05, 3.63) is 47.5 Å². The lowest BCUT2D eigenvalue weighted by molar-refractivity contribution is -0.00755. The summed E-state index contributed by atoms with van der Waals surface area (Å²) in [6, 6.07) is 9.10. The van der Waals surface area contributed by atoms with Crippen LogP contribution in [0, 0.1) is 13.8 Å². The predicted octanol–water partition coefficient (Wildman–Crippen LogP) is 2.34. The number of benzene rings is 1. The average molecular weight is 462 g/mol. The molecule has 2 N–H and O–H groups in total. The summed E-state index contributed by atoms with van der Waals surface area (Å²) in [6.45, 7) is 3.71. The molecule has 9 nitrogen and oxygen atoms in total. The first-order valence-electron chi connectivity index (χ1n) is 10.4. The normalized spacial score (nSPS) is 21.6. The van der Waals surface area contributed by atoms with E-state index < -0.39 is 27.3 Å². The van der Waals surface area contributed by atoms with Crippen LogP contribution in [-0.4, -0.2) is 58.0 Å². The smallest absolute Gasteiger partial charge is 0.204 e. The van der Waals surface area contributed by atoms with Gasteiger partial charge in [0.25, 0.3) is 0 Å². The van der Waals surface area contributed by atoms with Crippen LogP contribution < -0.4 is 4.74 Å². The fourth-order valence-electron chi connectivity index (χ4n) is 4.16. The standard InChI is InChI=1S/C22H27N3O6S/c1-13-5-4-6-18(30-3)21(13)25-20(23-24-22(25)19-10-7-14(2)31-19)12-32(28,29)15-8-9-16(26)17(27)11-15/h4-7,10,15-17,26-27H,8-9,11-12H2,1-3H3/t15-,16-,17-/m1/s1. The van der Waals surface area contributed by atoms with Gasteiger partial charge in [0.15, 0.2) is 21.4 Å². The van der Waals surface area contributed by atoms with E-state index in [0.717, 1.165) is 5.56 Å². The highest BCUT2D eigenvalue weighted by Crippen LogP contribution is 2.34. The van der Waals surface area contributed by atoms with Gasteiger partial charge in [-0.3, -0.25) is 4.57 Å². The second kappa shape index (κ2) is 8.68. The van der Waals surface area contributed by atoms with Gasteiger partial charge in [0.2, 0.25) is 5.82 Å². The van der Waals surface area contributed by atoms with Gasteiger partial charge in [-0.15, -0.1) is 10.2 Å². The molecule has 10 heteroatoms. The molecule has 0 radical (unpaired) electrons. The van der Waals surface area contributed by atoms with Crippen LogP contribution in [-0.2, 0) is 15.6 Å². The van der Waals surface area contributed by atoms with Crippen LogP contribution in [0.4, 0.5) is 0 Å². The van der Waals surface area contributed by atoms with E-state index >= 15 is 0 Å². The fraction of sp³-hybridized carbons (Fsp3) is 0.455. The van der Waals surface area contributed by atoms with Gasteiger partial charge in [-0.1, -0.05) is 12.1 Å². The number of methoxy groups -OCH3 is 1. The first-order chi connectivity index (χ1) is 15.2. The first kappa shape index (κ1) is 22.5. The molecule has 0 amide bonds. The number of ether oxygens (including phenoxy) is 1. The zero-order valence-corrected chi connectivity index (χ0v) is 19.0. The number of hydrogen-bond acceptors (Lipinski definition) is 8. The van der Waals surface area contributed by atoms with Crippen molar-refractivity contribution >= 4 is 9.84 Å². The van der Waals surface area contributed by atoms with E-state index in [1.807, 2.05) is 26.0 Å². The lowest BCUT2D eigenvalue weighted by Crippen LogP contribution is -2.40. The van der Waals surface area contributed by atoms with Crippen molar-refractivity contribution < 1.29 is 27.8 Å². The number of aliphatic hydroxyl groups excluding tert-OH is 2. The van der Waals surface area contributed by atoms with Crippen LogP contribution >= 0.6 is 0 Å². The lowest BCUT2D eigenvalue weighted by Gasteiger charge is -2.29. The molecule has 1 aromatic carbocycles. The van der Waals surface area contributed by atoms with Crippen molar-refractivity contribution in [2.45, 2.75) is 56.3 Å². The highest BCUT2D eigenvalue weighted by atomic mass is 32.2. The maximum Gasteiger partial charge on any atom is 0.204 e. The van der Waals surface area contributed by atoms with Gasteiger partial charge in [0.1, 0.15) is 17.3 Å². The SMILES string of the molecule is COc1cccc(C)c1-n1c(CS(=O)(=O)[C@@H]2CC[C@@H](O)[C@H](O)C2)nnc1-c1ccc(C)o1. The van der Waals surface area contributed by atoms with Crippen LogP contribution in [0.25, 0.3) is 17.3 Å². The third kappa shape index (κ3) is 4.17. The van der Waals surface area contributed by atoms with Gasteiger partial charge in [0, 0.05) is 0 Å². The van der Waals surface area contributed by atoms with Crippen LogP contribution in [0.1, 0.15) is 36.4 Å². The largest absolute Gasteiger partial charge is 0.495 e. The second-order valence-corrected chi connectivity index (χ2v) is 10.5. The molecule has 4 rings (SSSR count). The number of para-hydroxylation sites is 1. The molecule has 3 atom stereocenters. The molecule has 2 heterocycles. The zero-order valence-electron chi connectivity index (χ0n) is 18.2. The number of sulfone groups is 1. The van der Waals surface area contributed by atoms with E-state index in [-0.39, 0.29) is 30.8 Å². The summed E-state index contributed by atoms with van der Waals surface area (Å²) in [4.78, 5) is 0. The highest BCUT2D eigenvalue weighted by molar-refractivity contribution is 7.91. The number of aromatic nitrogens is 3. The number of nitrogens with zero attached hydrogens (tertiary/aromatic N) is 3. The van der Waals surface area contributed by atoms with Crippen molar-refractivity contribution in [1.82, 2.24) is 14.8 Å². The monoisotopic (exact) mass is 461 g/mol. The number of hydrogen-bond donors (Lipinski definition) is 2. The van der Waals surface area contributed by atoms with Crippen LogP contribution in [0.2, 0.25) is 0 Å². The lowest BCUT2D eigenvalue weighted by atomic mass is 9.95. The predicted molar refractivity (Wildman–Crippen MR) is 117 cm³/mol. The molecule has 172 valence electrons. The van der Waals surface area contributed by atoms with Crippen LogP contribution in [0.15, 0.2) is 34.7 Å². The number of aliphatic hydroxyl groups is 2. The molecule has 32 heavy (non-hydrogen) atoms. The molecule has 0 unspecified atom stereocenters. The number of aryl methyl sites for hydroxylation is 2. The Balaban J connectivity index is 1.81. The van der Waals surface area contributed by atoms with E-state index in [2.05, 4.69) is 10.2 Å². The summed E-state index contributed by atoms with van der Waals surface area (Å²) >= 11 is 0. The van der Waals surface area contributed by atoms with Crippen molar-refractivity contribution in [2.75, 3.05) is 7.11 Å². The molecule has 0 bridgehead atoms. The molecule has 0 saturated heterocycles. The van der Waals surface area contributed by atoms with Crippen LogP contribution in [0.5, 0.6) is 5.75 Å². The molecule has 0 spiro atoms. The van der Waals surface area contributed by atoms with E-state index in [9.17, 15) is 18.6 Å². The van der Waals surface area contributed by atoms with Gasteiger partial charge in [-0.25, -0.2) is 8.42 Å².